The summed E-state index contributed by atoms with van der Waals surface area (Å²) in [7, 11) is 0. The fraction of sp³-hybridized carbons (Fsp3) is 0.200. The Morgan fingerprint density at radius 3 is 2.68 bits per heavy atom. The maximum Gasteiger partial charge on any atom is 0.237 e. The third-order valence-corrected chi connectivity index (χ3v) is 6.55. The molecule has 2 amide bonds. The first-order valence-corrected chi connectivity index (χ1v) is 11.9. The zero-order valence-corrected chi connectivity index (χ0v) is 19.4. The van der Waals surface area contributed by atoms with Crippen LogP contribution in [0.4, 0.5) is 11.4 Å². The number of amides is 2. The van der Waals surface area contributed by atoms with Gasteiger partial charge in [-0.3, -0.25) is 14.2 Å². The number of carbonyl (C=O) groups is 2. The Bertz CT molecular complexity index is 1300. The van der Waals surface area contributed by atoms with Crippen molar-refractivity contribution in [3.8, 4) is 11.4 Å². The van der Waals surface area contributed by atoms with Crippen LogP contribution in [-0.4, -0.2) is 38.4 Å². The smallest absolute Gasteiger partial charge is 0.237 e. The average molecular weight is 474 g/mol. The number of thioether (sulfide) groups is 1. The minimum absolute atomic E-state index is 0.102. The lowest BCUT2D eigenvalue weighted by Gasteiger charge is -2.27. The van der Waals surface area contributed by atoms with Crippen molar-refractivity contribution in [2.24, 2.45) is 0 Å². The average Bonchev–Trinajstić information content (AvgIpc) is 3.47. The van der Waals surface area contributed by atoms with Gasteiger partial charge in [-0.2, -0.15) is 0 Å². The van der Waals surface area contributed by atoms with Crippen LogP contribution in [0.3, 0.4) is 0 Å². The molecule has 0 saturated carbocycles. The number of aromatic nitrogens is 3. The highest BCUT2D eigenvalue weighted by Crippen LogP contribution is 2.32. The van der Waals surface area contributed by atoms with Gasteiger partial charge in [0, 0.05) is 18.0 Å². The molecule has 9 heteroatoms. The van der Waals surface area contributed by atoms with Crippen molar-refractivity contribution >= 4 is 35.0 Å². The van der Waals surface area contributed by atoms with E-state index in [1.807, 2.05) is 78.2 Å². The van der Waals surface area contributed by atoms with Crippen LogP contribution in [0.2, 0.25) is 0 Å². The van der Waals surface area contributed by atoms with E-state index < -0.39 is 0 Å². The number of benzene rings is 2. The molecule has 2 aromatic heterocycles. The first-order valence-electron chi connectivity index (χ1n) is 10.9. The predicted octanol–water partition coefficient (Wildman–Crippen LogP) is 4.44. The van der Waals surface area contributed by atoms with Gasteiger partial charge in [0.25, 0.3) is 0 Å². The third kappa shape index (κ3) is 4.47. The number of hydrogen-bond acceptors (Lipinski definition) is 6. The maximum absolute atomic E-state index is 13.4. The molecule has 0 spiro atoms. The van der Waals surface area contributed by atoms with Gasteiger partial charge in [-0.05, 0) is 31.2 Å². The van der Waals surface area contributed by atoms with Gasteiger partial charge in [0.15, 0.2) is 11.0 Å². The summed E-state index contributed by atoms with van der Waals surface area (Å²) in [5.41, 5.74) is 2.27. The van der Waals surface area contributed by atoms with Gasteiger partial charge in [0.1, 0.15) is 5.76 Å². The summed E-state index contributed by atoms with van der Waals surface area (Å²) in [5, 5.41) is 12.3. The lowest BCUT2D eigenvalue weighted by atomic mass is 10.2. The van der Waals surface area contributed by atoms with E-state index in [9.17, 15) is 9.59 Å². The second kappa shape index (κ2) is 9.56. The van der Waals surface area contributed by atoms with Crippen LogP contribution in [0.5, 0.6) is 0 Å². The summed E-state index contributed by atoms with van der Waals surface area (Å²) >= 11 is 1.32. The highest BCUT2D eigenvalue weighted by atomic mass is 32.2. The number of rotatable bonds is 6. The second-order valence-electron chi connectivity index (χ2n) is 8.01. The third-order valence-electron chi connectivity index (χ3n) is 5.60. The summed E-state index contributed by atoms with van der Waals surface area (Å²) in [5.74, 6) is 1.42. The van der Waals surface area contributed by atoms with Gasteiger partial charge in [-0.15, -0.1) is 10.2 Å². The van der Waals surface area contributed by atoms with Crippen LogP contribution in [0.1, 0.15) is 19.1 Å². The molecule has 0 aliphatic carbocycles. The fourth-order valence-electron chi connectivity index (χ4n) is 4.06. The molecule has 34 heavy (non-hydrogen) atoms. The molecule has 0 radical (unpaired) electrons. The number of carbonyl (C=O) groups excluding carboxylic acids is 2. The van der Waals surface area contributed by atoms with Gasteiger partial charge < -0.3 is 14.6 Å². The number of furan rings is 1. The normalized spacial score (nSPS) is 15.5. The number of anilines is 2. The van der Waals surface area contributed by atoms with Crippen molar-refractivity contribution in [3.05, 3.63) is 78.8 Å². The van der Waals surface area contributed by atoms with Gasteiger partial charge in [-0.1, -0.05) is 54.2 Å². The number of hydrogen-bond donors (Lipinski definition) is 1. The number of para-hydroxylation sites is 2. The fourth-order valence-corrected chi connectivity index (χ4v) is 4.86. The van der Waals surface area contributed by atoms with Crippen LogP contribution in [0, 0.1) is 0 Å². The van der Waals surface area contributed by atoms with Gasteiger partial charge >= 0.3 is 0 Å². The molecule has 1 N–H and O–H groups in total. The van der Waals surface area contributed by atoms with Crippen molar-refractivity contribution in [1.29, 1.82) is 0 Å². The molecular weight excluding hydrogens is 450 g/mol. The maximum atomic E-state index is 13.4. The Labute approximate surface area is 201 Å². The van der Waals surface area contributed by atoms with Gasteiger partial charge in [0.05, 0.1) is 29.9 Å². The molecule has 1 aliphatic heterocycles. The summed E-state index contributed by atoms with van der Waals surface area (Å²) in [6.45, 7) is 2.33. The lowest BCUT2D eigenvalue weighted by Crippen LogP contribution is -2.40. The Morgan fingerprint density at radius 1 is 1.09 bits per heavy atom. The topological polar surface area (TPSA) is 93.3 Å². The highest BCUT2D eigenvalue weighted by Gasteiger charge is 2.30. The van der Waals surface area contributed by atoms with Crippen molar-refractivity contribution in [1.82, 2.24) is 14.8 Å². The number of fused-ring (bicyclic) bond motifs is 1. The Balaban J connectivity index is 1.41. The van der Waals surface area contributed by atoms with Crippen LogP contribution in [0.15, 0.2) is 82.6 Å². The van der Waals surface area contributed by atoms with Gasteiger partial charge in [-0.25, -0.2) is 0 Å². The van der Waals surface area contributed by atoms with E-state index in [1.165, 1.54) is 11.8 Å². The number of nitrogens with one attached hydrogen (secondary N) is 1. The van der Waals surface area contributed by atoms with Crippen molar-refractivity contribution in [2.45, 2.75) is 31.1 Å². The molecule has 8 nitrogen and oxygen atoms in total. The molecule has 3 heterocycles. The molecule has 4 aromatic rings. The molecule has 5 rings (SSSR count). The van der Waals surface area contributed by atoms with Crippen LogP contribution < -0.4 is 10.2 Å². The van der Waals surface area contributed by atoms with Crippen molar-refractivity contribution < 1.29 is 14.0 Å². The summed E-state index contributed by atoms with van der Waals surface area (Å²) in [6.07, 6.45) is 1.86. The standard InChI is InChI=1S/C25H23N5O3S/c1-17-14-22(31)26-20-11-5-6-12-21(20)30(17)23(32)16-34-25-28-27-24(18-8-3-2-4-9-18)29(25)15-19-10-7-13-33-19/h2-13,17H,14-16H2,1H3,(H,26,31)/t17-/m0/s1. The van der Waals surface area contributed by atoms with E-state index in [2.05, 4.69) is 15.5 Å². The van der Waals surface area contributed by atoms with Crippen LogP contribution in [-0.2, 0) is 16.1 Å². The summed E-state index contributed by atoms with van der Waals surface area (Å²) < 4.78 is 7.51. The quantitative estimate of drug-likeness (QED) is 0.416. The van der Waals surface area contributed by atoms with E-state index in [1.54, 1.807) is 11.2 Å². The largest absolute Gasteiger partial charge is 0.467 e. The first kappa shape index (κ1) is 22.0. The highest BCUT2D eigenvalue weighted by molar-refractivity contribution is 7.99. The minimum atomic E-state index is -0.266. The van der Waals surface area contributed by atoms with Crippen molar-refractivity contribution in [3.63, 3.8) is 0 Å². The molecule has 2 aromatic carbocycles. The number of nitrogens with zero attached hydrogens (tertiary/aromatic N) is 4. The summed E-state index contributed by atoms with van der Waals surface area (Å²) in [4.78, 5) is 27.4. The molecular formula is C25H23N5O3S. The van der Waals surface area contributed by atoms with E-state index in [4.69, 9.17) is 4.42 Å². The Kier molecular flexibility index (Phi) is 6.18. The first-order chi connectivity index (χ1) is 16.6. The zero-order valence-electron chi connectivity index (χ0n) is 18.5. The molecule has 1 aliphatic rings. The van der Waals surface area contributed by atoms with E-state index in [0.717, 1.165) is 11.3 Å². The van der Waals surface area contributed by atoms with Crippen molar-refractivity contribution in [2.75, 3.05) is 16.0 Å². The minimum Gasteiger partial charge on any atom is -0.467 e. The molecule has 172 valence electrons. The lowest BCUT2D eigenvalue weighted by molar-refractivity contribution is -0.117. The Hall–Kier alpha value is -3.85. The Morgan fingerprint density at radius 2 is 1.88 bits per heavy atom. The van der Waals surface area contributed by atoms with Gasteiger partial charge in [0.2, 0.25) is 11.8 Å². The van der Waals surface area contributed by atoms with E-state index in [0.29, 0.717) is 28.9 Å². The summed E-state index contributed by atoms with van der Waals surface area (Å²) in [6, 6.07) is 20.6. The zero-order chi connectivity index (χ0) is 23.5. The van der Waals surface area contributed by atoms with E-state index >= 15 is 0 Å². The molecule has 0 fully saturated rings. The molecule has 0 bridgehead atoms. The monoisotopic (exact) mass is 473 g/mol. The molecule has 1 atom stereocenters. The molecule has 0 saturated heterocycles. The molecule has 0 unspecified atom stereocenters. The second-order valence-corrected chi connectivity index (χ2v) is 8.95. The van der Waals surface area contributed by atoms with Crippen LogP contribution >= 0.6 is 11.8 Å². The van der Waals surface area contributed by atoms with E-state index in [-0.39, 0.29) is 30.0 Å². The van der Waals surface area contributed by atoms with Crippen LogP contribution in [0.25, 0.3) is 11.4 Å². The predicted molar refractivity (Wildman–Crippen MR) is 131 cm³/mol. The SMILES string of the molecule is C[C@H]1CC(=O)Nc2ccccc2N1C(=O)CSc1nnc(-c2ccccc2)n1Cc1ccco1.